The van der Waals surface area contributed by atoms with Crippen LogP contribution in [-0.4, -0.2) is 70.1 Å². The maximum absolute atomic E-state index is 12.7. The Labute approximate surface area is 167 Å². The lowest BCUT2D eigenvalue weighted by molar-refractivity contribution is -0.133. The minimum absolute atomic E-state index is 0.0617. The van der Waals surface area contributed by atoms with Crippen LogP contribution in [0, 0.1) is 5.41 Å². The number of imidazole rings is 1. The molecule has 0 bridgehead atoms. The molecule has 3 aliphatic heterocycles. The van der Waals surface area contributed by atoms with Crippen LogP contribution in [-0.2, 0) is 27.3 Å². The quantitative estimate of drug-likeness (QED) is 0.746. The van der Waals surface area contributed by atoms with Gasteiger partial charge in [0.1, 0.15) is 5.82 Å². The van der Waals surface area contributed by atoms with E-state index >= 15 is 0 Å². The van der Waals surface area contributed by atoms with Crippen LogP contribution in [0.1, 0.15) is 51.3 Å². The monoisotopic (exact) mass is 388 g/mol. The van der Waals surface area contributed by atoms with Crippen molar-refractivity contribution in [1.82, 2.24) is 19.4 Å². The maximum Gasteiger partial charge on any atom is 0.224 e. The van der Waals surface area contributed by atoms with Crippen molar-refractivity contribution in [3.63, 3.8) is 0 Å². The Morgan fingerprint density at radius 2 is 2.18 bits per heavy atom. The highest BCUT2D eigenvalue weighted by Crippen LogP contribution is 2.41. The van der Waals surface area contributed by atoms with Crippen LogP contribution in [0.4, 0.5) is 0 Å². The number of rotatable bonds is 6. The van der Waals surface area contributed by atoms with Gasteiger partial charge in [0, 0.05) is 76.4 Å². The van der Waals surface area contributed by atoms with Crippen LogP contribution in [0.25, 0.3) is 0 Å². The Kier molecular flexibility index (Phi) is 5.71. The summed E-state index contributed by atoms with van der Waals surface area (Å²) in [6.07, 6.45) is 10.0. The largest absolute Gasteiger partial charge is 0.376 e. The Morgan fingerprint density at radius 3 is 2.89 bits per heavy atom. The molecule has 3 aliphatic rings. The van der Waals surface area contributed by atoms with Gasteiger partial charge >= 0.3 is 0 Å². The van der Waals surface area contributed by atoms with Crippen molar-refractivity contribution in [2.75, 3.05) is 32.8 Å². The zero-order chi connectivity index (χ0) is 19.6. The number of ether oxygens (including phenoxy) is 1. The molecule has 2 amide bonds. The molecule has 7 heteroatoms. The number of hydrogen-bond acceptors (Lipinski definition) is 4. The highest BCUT2D eigenvalue weighted by molar-refractivity contribution is 5.80. The first-order valence-electron chi connectivity index (χ1n) is 10.8. The molecule has 0 aromatic carbocycles. The molecule has 0 unspecified atom stereocenters. The molecular formula is C21H32N4O3. The number of carbonyl (C=O) groups is 2. The fourth-order valence-corrected chi connectivity index (χ4v) is 4.98. The molecule has 4 rings (SSSR count). The maximum atomic E-state index is 12.7. The van der Waals surface area contributed by atoms with E-state index in [9.17, 15) is 9.59 Å². The van der Waals surface area contributed by atoms with Crippen molar-refractivity contribution in [3.05, 3.63) is 18.2 Å². The first-order chi connectivity index (χ1) is 13.6. The molecule has 28 heavy (non-hydrogen) atoms. The number of aromatic nitrogens is 2. The first kappa shape index (κ1) is 19.4. The molecule has 1 aromatic heterocycles. The van der Waals surface area contributed by atoms with Crippen LogP contribution >= 0.6 is 0 Å². The van der Waals surface area contributed by atoms with Gasteiger partial charge < -0.3 is 19.1 Å². The second kappa shape index (κ2) is 8.23. The van der Waals surface area contributed by atoms with Gasteiger partial charge in [-0.3, -0.25) is 9.59 Å². The molecule has 1 aromatic rings. The molecule has 1 spiro atoms. The van der Waals surface area contributed by atoms with Crippen LogP contribution in [0.2, 0.25) is 0 Å². The van der Waals surface area contributed by atoms with Gasteiger partial charge in [0.2, 0.25) is 11.8 Å². The highest BCUT2D eigenvalue weighted by atomic mass is 16.5. The molecule has 154 valence electrons. The van der Waals surface area contributed by atoms with E-state index in [0.717, 1.165) is 70.7 Å². The summed E-state index contributed by atoms with van der Waals surface area (Å²) in [5, 5.41) is 0. The van der Waals surface area contributed by atoms with Crippen molar-refractivity contribution in [2.45, 2.75) is 64.5 Å². The standard InChI is InChI=1S/C21H32N4O3/c1-2-18-22-8-12-23(18)9-5-19(26)24-10-6-21(7-11-24)14-20(27)25(16-21)15-17-4-3-13-28-17/h8,12,17H,2-7,9-11,13-16H2,1H3/t17-/m1/s1. The van der Waals surface area contributed by atoms with Crippen LogP contribution in [0.15, 0.2) is 12.4 Å². The van der Waals surface area contributed by atoms with Gasteiger partial charge in [-0.05, 0) is 25.7 Å². The second-order valence-corrected chi connectivity index (χ2v) is 8.61. The molecule has 0 N–H and O–H groups in total. The SMILES string of the molecule is CCc1nccn1CCC(=O)N1CCC2(CC1)CC(=O)N(C[C@H]1CCCO1)C2. The van der Waals surface area contributed by atoms with Crippen molar-refractivity contribution < 1.29 is 14.3 Å². The van der Waals surface area contributed by atoms with Gasteiger partial charge in [-0.2, -0.15) is 0 Å². The minimum atomic E-state index is 0.0617. The van der Waals surface area contributed by atoms with Crippen molar-refractivity contribution in [3.8, 4) is 0 Å². The van der Waals surface area contributed by atoms with Crippen molar-refractivity contribution in [2.24, 2.45) is 5.41 Å². The Hall–Kier alpha value is -1.89. The van der Waals surface area contributed by atoms with E-state index in [1.165, 1.54) is 0 Å². The molecule has 3 saturated heterocycles. The van der Waals surface area contributed by atoms with E-state index in [4.69, 9.17) is 4.74 Å². The van der Waals surface area contributed by atoms with Crippen LogP contribution in [0.3, 0.4) is 0 Å². The summed E-state index contributed by atoms with van der Waals surface area (Å²) in [7, 11) is 0. The number of hydrogen-bond donors (Lipinski definition) is 0. The summed E-state index contributed by atoms with van der Waals surface area (Å²) in [6.45, 7) is 6.71. The van der Waals surface area contributed by atoms with Crippen LogP contribution in [0.5, 0.6) is 0 Å². The van der Waals surface area contributed by atoms with E-state index in [0.29, 0.717) is 19.4 Å². The topological polar surface area (TPSA) is 67.7 Å². The first-order valence-corrected chi connectivity index (χ1v) is 10.8. The predicted octanol–water partition coefficient (Wildman–Crippen LogP) is 1.86. The summed E-state index contributed by atoms with van der Waals surface area (Å²) in [5.41, 5.74) is 0.0617. The lowest BCUT2D eigenvalue weighted by Crippen LogP contribution is -2.44. The molecule has 1 atom stereocenters. The molecular weight excluding hydrogens is 356 g/mol. The second-order valence-electron chi connectivity index (χ2n) is 8.61. The average Bonchev–Trinajstić information content (AvgIpc) is 3.42. The molecule has 4 heterocycles. The van der Waals surface area contributed by atoms with Crippen molar-refractivity contribution in [1.29, 1.82) is 0 Å². The number of likely N-dealkylation sites (tertiary alicyclic amines) is 2. The predicted molar refractivity (Wildman–Crippen MR) is 105 cm³/mol. The Bertz CT molecular complexity index is 702. The van der Waals surface area contributed by atoms with E-state index in [1.54, 1.807) is 6.20 Å². The summed E-state index contributed by atoms with van der Waals surface area (Å²) in [6, 6.07) is 0. The number of piperidine rings is 1. The van der Waals surface area contributed by atoms with E-state index in [2.05, 4.69) is 16.5 Å². The molecule has 0 saturated carbocycles. The van der Waals surface area contributed by atoms with E-state index < -0.39 is 0 Å². The van der Waals surface area contributed by atoms with E-state index in [-0.39, 0.29) is 23.3 Å². The van der Waals surface area contributed by atoms with Gasteiger partial charge in [0.25, 0.3) is 0 Å². The Balaban J connectivity index is 1.26. The van der Waals surface area contributed by atoms with Crippen LogP contribution < -0.4 is 0 Å². The molecule has 0 aliphatic carbocycles. The summed E-state index contributed by atoms with van der Waals surface area (Å²) >= 11 is 0. The zero-order valence-corrected chi connectivity index (χ0v) is 16.9. The fourth-order valence-electron chi connectivity index (χ4n) is 4.98. The Morgan fingerprint density at radius 1 is 1.36 bits per heavy atom. The number of amides is 2. The summed E-state index contributed by atoms with van der Waals surface area (Å²) < 4.78 is 7.78. The van der Waals surface area contributed by atoms with Gasteiger partial charge in [-0.15, -0.1) is 0 Å². The van der Waals surface area contributed by atoms with Crippen molar-refractivity contribution >= 4 is 11.8 Å². The van der Waals surface area contributed by atoms with E-state index in [1.807, 2.05) is 16.0 Å². The summed E-state index contributed by atoms with van der Waals surface area (Å²) in [5.74, 6) is 1.51. The number of carbonyl (C=O) groups excluding carboxylic acids is 2. The number of nitrogens with zero attached hydrogens (tertiary/aromatic N) is 4. The molecule has 0 radical (unpaired) electrons. The fraction of sp³-hybridized carbons (Fsp3) is 0.762. The smallest absolute Gasteiger partial charge is 0.224 e. The zero-order valence-electron chi connectivity index (χ0n) is 16.9. The highest BCUT2D eigenvalue weighted by Gasteiger charge is 2.45. The lowest BCUT2D eigenvalue weighted by Gasteiger charge is -2.39. The van der Waals surface area contributed by atoms with Gasteiger partial charge in [-0.25, -0.2) is 4.98 Å². The molecule has 3 fully saturated rings. The average molecular weight is 389 g/mol. The number of aryl methyl sites for hydroxylation is 2. The normalized spacial score (nSPS) is 24.5. The third kappa shape index (κ3) is 4.09. The minimum Gasteiger partial charge on any atom is -0.376 e. The molecule has 7 nitrogen and oxygen atoms in total. The summed E-state index contributed by atoms with van der Waals surface area (Å²) in [4.78, 5) is 33.5. The third-order valence-electron chi connectivity index (χ3n) is 6.71. The van der Waals surface area contributed by atoms with Gasteiger partial charge in [0.05, 0.1) is 6.10 Å². The van der Waals surface area contributed by atoms with Gasteiger partial charge in [-0.1, -0.05) is 6.92 Å². The third-order valence-corrected chi connectivity index (χ3v) is 6.71. The lowest BCUT2D eigenvalue weighted by atomic mass is 9.77. The van der Waals surface area contributed by atoms with Gasteiger partial charge in [0.15, 0.2) is 0 Å².